The zero-order chi connectivity index (χ0) is 17.6. The lowest BCUT2D eigenvalue weighted by Gasteiger charge is -2.24. The van der Waals surface area contributed by atoms with Crippen LogP contribution in [0.1, 0.15) is 41.5 Å². The topological polar surface area (TPSA) is 97.0 Å². The Morgan fingerprint density at radius 1 is 1.27 bits per heavy atom. The second-order valence-electron chi connectivity index (χ2n) is 6.27. The molecule has 9 heteroatoms. The van der Waals surface area contributed by atoms with E-state index in [1.807, 2.05) is 13.8 Å². The summed E-state index contributed by atoms with van der Waals surface area (Å²) in [5, 5.41) is 0. The number of hydrogen-bond donors (Lipinski definition) is 2. The third-order valence-electron chi connectivity index (χ3n) is 2.76. The number of hydroxylamine groups is 1. The van der Waals surface area contributed by atoms with Crippen LogP contribution in [0.3, 0.4) is 0 Å². The fraction of sp³-hybridized carbons (Fsp3) is 0.923. The third kappa shape index (κ3) is 8.52. The van der Waals surface area contributed by atoms with Crippen molar-refractivity contribution in [3.63, 3.8) is 0 Å². The van der Waals surface area contributed by atoms with E-state index in [1.54, 1.807) is 27.7 Å². The Morgan fingerprint density at radius 2 is 1.82 bits per heavy atom. The molecule has 1 atom stereocenters. The summed E-state index contributed by atoms with van der Waals surface area (Å²) in [6.45, 7) is 11.1. The summed E-state index contributed by atoms with van der Waals surface area (Å²) in [6, 6.07) is 0. The van der Waals surface area contributed by atoms with Gasteiger partial charge in [0.2, 0.25) is 0 Å². The van der Waals surface area contributed by atoms with E-state index in [0.717, 1.165) is 0 Å². The van der Waals surface area contributed by atoms with Crippen LogP contribution in [0.4, 0.5) is 4.79 Å². The highest BCUT2D eigenvalue weighted by Gasteiger charge is 2.23. The van der Waals surface area contributed by atoms with E-state index < -0.39 is 28.0 Å². The van der Waals surface area contributed by atoms with Crippen LogP contribution in [-0.4, -0.2) is 50.7 Å². The Bertz CT molecular complexity index is 445. The molecule has 22 heavy (non-hydrogen) atoms. The molecule has 0 aromatic carbocycles. The molecular formula is C13H29N3O5S. The van der Waals surface area contributed by atoms with Crippen molar-refractivity contribution in [2.24, 2.45) is 5.92 Å². The zero-order valence-electron chi connectivity index (χ0n) is 14.5. The van der Waals surface area contributed by atoms with E-state index in [0.29, 0.717) is 6.54 Å². The summed E-state index contributed by atoms with van der Waals surface area (Å²) < 4.78 is 32.4. The first-order valence-corrected chi connectivity index (χ1v) is 8.68. The van der Waals surface area contributed by atoms with E-state index in [4.69, 9.17) is 9.57 Å². The molecule has 132 valence electrons. The van der Waals surface area contributed by atoms with Crippen molar-refractivity contribution in [1.82, 2.24) is 14.5 Å². The van der Waals surface area contributed by atoms with E-state index in [1.165, 1.54) is 11.4 Å². The maximum atomic E-state index is 11.9. The molecule has 0 radical (unpaired) electrons. The molecule has 0 aliphatic heterocycles. The van der Waals surface area contributed by atoms with Gasteiger partial charge in [-0.25, -0.2) is 4.79 Å². The van der Waals surface area contributed by atoms with Crippen LogP contribution in [0, 0.1) is 5.92 Å². The predicted octanol–water partition coefficient (Wildman–Crippen LogP) is 1.25. The fourth-order valence-corrected chi connectivity index (χ4v) is 2.24. The first-order chi connectivity index (χ1) is 9.89. The molecular weight excluding hydrogens is 310 g/mol. The summed E-state index contributed by atoms with van der Waals surface area (Å²) in [5.41, 5.74) is 1.56. The molecule has 0 rings (SSSR count). The Labute approximate surface area is 133 Å². The number of ether oxygens (including phenoxy) is 1. The van der Waals surface area contributed by atoms with Gasteiger partial charge in [0, 0.05) is 20.1 Å². The lowest BCUT2D eigenvalue weighted by molar-refractivity contribution is -0.0552. The minimum absolute atomic E-state index is 0.00966. The van der Waals surface area contributed by atoms with Gasteiger partial charge in [0.1, 0.15) is 11.7 Å². The van der Waals surface area contributed by atoms with Crippen molar-refractivity contribution in [3.05, 3.63) is 0 Å². The number of nitrogens with zero attached hydrogens (tertiary/aromatic N) is 1. The van der Waals surface area contributed by atoms with Crippen LogP contribution in [0.15, 0.2) is 0 Å². The van der Waals surface area contributed by atoms with Crippen LogP contribution < -0.4 is 10.2 Å². The molecule has 0 unspecified atom stereocenters. The first-order valence-electron chi connectivity index (χ1n) is 7.24. The lowest BCUT2D eigenvalue weighted by Crippen LogP contribution is -2.45. The Kier molecular flexibility index (Phi) is 8.30. The van der Waals surface area contributed by atoms with Crippen LogP contribution in [0.5, 0.6) is 0 Å². The van der Waals surface area contributed by atoms with Crippen molar-refractivity contribution in [2.75, 3.05) is 20.1 Å². The molecule has 0 saturated carbocycles. The minimum Gasteiger partial charge on any atom is -0.442 e. The smallest absolute Gasteiger partial charge is 0.431 e. The summed E-state index contributed by atoms with van der Waals surface area (Å²) >= 11 is 0. The second-order valence-corrected chi connectivity index (χ2v) is 8.13. The molecule has 0 aliphatic carbocycles. The molecule has 8 nitrogen and oxygen atoms in total. The quantitative estimate of drug-likeness (QED) is 0.649. The van der Waals surface area contributed by atoms with E-state index in [9.17, 15) is 13.2 Å². The molecule has 0 saturated heterocycles. The summed E-state index contributed by atoms with van der Waals surface area (Å²) in [6.07, 6.45) is -1.24. The van der Waals surface area contributed by atoms with E-state index in [-0.39, 0.29) is 12.5 Å². The van der Waals surface area contributed by atoms with Crippen molar-refractivity contribution >= 4 is 16.3 Å². The predicted molar refractivity (Wildman–Crippen MR) is 84.3 cm³/mol. The SMILES string of the molecule is CCN(C)S(=O)(=O)NC[C@@H](ONC(=O)OC(C)(C)C)C(C)C. The number of amides is 1. The number of nitrogens with one attached hydrogen (secondary N) is 2. The van der Waals surface area contributed by atoms with Gasteiger partial charge in [0.15, 0.2) is 0 Å². The van der Waals surface area contributed by atoms with Crippen LogP contribution >= 0.6 is 0 Å². The molecule has 0 aromatic rings. The molecule has 0 aliphatic rings. The summed E-state index contributed by atoms with van der Waals surface area (Å²) in [5.74, 6) is -0.00966. The van der Waals surface area contributed by atoms with Gasteiger partial charge in [-0.3, -0.25) is 4.84 Å². The normalized spacial score (nSPS) is 14.2. The first kappa shape index (κ1) is 21.1. The molecule has 0 fully saturated rings. The van der Waals surface area contributed by atoms with Gasteiger partial charge >= 0.3 is 6.09 Å². The molecule has 0 aromatic heterocycles. The number of carbonyl (C=O) groups is 1. The highest BCUT2D eigenvalue weighted by Crippen LogP contribution is 2.08. The molecule has 2 N–H and O–H groups in total. The largest absolute Gasteiger partial charge is 0.442 e. The maximum Gasteiger partial charge on any atom is 0.431 e. The van der Waals surface area contributed by atoms with Gasteiger partial charge in [0.25, 0.3) is 10.2 Å². The van der Waals surface area contributed by atoms with E-state index >= 15 is 0 Å². The third-order valence-corrected chi connectivity index (χ3v) is 4.37. The Morgan fingerprint density at radius 3 is 2.23 bits per heavy atom. The number of rotatable bonds is 8. The van der Waals surface area contributed by atoms with Gasteiger partial charge in [-0.15, -0.1) is 0 Å². The standard InChI is InChI=1S/C13H29N3O5S/c1-8-16(7)22(18,19)14-9-11(10(2)3)21-15-12(17)20-13(4,5)6/h10-11,14H,8-9H2,1-7H3,(H,15,17)/t11-/m1/s1. The van der Waals surface area contributed by atoms with Crippen molar-refractivity contribution < 1.29 is 22.8 Å². The Hall–Kier alpha value is -0.900. The summed E-state index contributed by atoms with van der Waals surface area (Å²) in [7, 11) is -2.07. The average molecular weight is 339 g/mol. The van der Waals surface area contributed by atoms with Crippen LogP contribution in [-0.2, 0) is 19.8 Å². The van der Waals surface area contributed by atoms with Gasteiger partial charge in [-0.1, -0.05) is 20.8 Å². The molecule has 0 bridgehead atoms. The average Bonchev–Trinajstić information content (AvgIpc) is 2.34. The van der Waals surface area contributed by atoms with Gasteiger partial charge in [-0.05, 0) is 26.7 Å². The molecule has 0 heterocycles. The highest BCUT2D eigenvalue weighted by molar-refractivity contribution is 7.87. The molecule has 1 amide bonds. The van der Waals surface area contributed by atoms with Gasteiger partial charge in [0.05, 0.1) is 0 Å². The van der Waals surface area contributed by atoms with Gasteiger partial charge in [-0.2, -0.15) is 22.9 Å². The van der Waals surface area contributed by atoms with Crippen LogP contribution in [0.2, 0.25) is 0 Å². The number of carbonyl (C=O) groups excluding carboxylic acids is 1. The van der Waals surface area contributed by atoms with Crippen molar-refractivity contribution in [1.29, 1.82) is 0 Å². The fourth-order valence-electron chi connectivity index (χ4n) is 1.30. The summed E-state index contributed by atoms with van der Waals surface area (Å²) in [4.78, 5) is 16.8. The maximum absolute atomic E-state index is 11.9. The van der Waals surface area contributed by atoms with E-state index in [2.05, 4.69) is 10.2 Å². The van der Waals surface area contributed by atoms with Crippen LogP contribution in [0.25, 0.3) is 0 Å². The minimum atomic E-state index is -3.55. The molecule has 0 spiro atoms. The highest BCUT2D eigenvalue weighted by atomic mass is 32.2. The second kappa shape index (κ2) is 8.66. The van der Waals surface area contributed by atoms with Gasteiger partial charge < -0.3 is 4.74 Å². The Balaban J connectivity index is 4.49. The van der Waals surface area contributed by atoms with Crippen molar-refractivity contribution in [3.8, 4) is 0 Å². The van der Waals surface area contributed by atoms with Crippen molar-refractivity contribution in [2.45, 2.75) is 53.2 Å². The monoisotopic (exact) mass is 339 g/mol. The lowest BCUT2D eigenvalue weighted by atomic mass is 10.1. The number of hydrogen-bond acceptors (Lipinski definition) is 5. The zero-order valence-corrected chi connectivity index (χ0v) is 15.3.